The summed E-state index contributed by atoms with van der Waals surface area (Å²) in [5.74, 6) is 3.44. The fourth-order valence-corrected chi connectivity index (χ4v) is 8.29. The van der Waals surface area contributed by atoms with Crippen molar-refractivity contribution >= 4 is 39.6 Å². The molecule has 9 rings (SSSR count). The standard InChI is InChI=1S/C37H38N6O3/c1-20-25-8-12-30(20)43(19-25)37(45)26-15-29-34(32(17-26)46-3)41(2)36(40-29)31-16-24-7-11-28(39-35(24)42(31)18-21-4-5-21)22-6-10-27-23(14-22)9-13-33(44)38-27/h6-7,10-11,14-17,20-21,25,30H,4-5,8-9,12-13,18-19H2,1-3H3,(H,38,44)/t20-,25?,30?/m1/s1. The molecule has 2 unspecified atom stereocenters. The van der Waals surface area contributed by atoms with Crippen molar-refractivity contribution in [3.8, 4) is 28.5 Å². The molecule has 9 heteroatoms. The lowest BCUT2D eigenvalue weighted by Crippen LogP contribution is -2.38. The Balaban J connectivity index is 1.13. The van der Waals surface area contributed by atoms with Crippen LogP contribution in [0.4, 0.5) is 5.69 Å². The highest BCUT2D eigenvalue weighted by atomic mass is 16.5. The van der Waals surface area contributed by atoms with Crippen molar-refractivity contribution in [3.05, 3.63) is 59.7 Å². The summed E-state index contributed by atoms with van der Waals surface area (Å²) in [6.07, 6.45) is 5.99. The number of rotatable bonds is 6. The van der Waals surface area contributed by atoms with Gasteiger partial charge in [-0.3, -0.25) is 9.59 Å². The Morgan fingerprint density at radius 3 is 2.65 bits per heavy atom. The van der Waals surface area contributed by atoms with Gasteiger partial charge in [0.25, 0.3) is 5.91 Å². The summed E-state index contributed by atoms with van der Waals surface area (Å²) in [6, 6.07) is 16.8. The van der Waals surface area contributed by atoms with E-state index in [0.29, 0.717) is 41.5 Å². The number of amides is 2. The minimum absolute atomic E-state index is 0.0700. The van der Waals surface area contributed by atoms with Gasteiger partial charge in [0.15, 0.2) is 5.82 Å². The molecule has 1 N–H and O–H groups in total. The molecule has 2 saturated carbocycles. The van der Waals surface area contributed by atoms with E-state index in [-0.39, 0.29) is 11.8 Å². The maximum Gasteiger partial charge on any atom is 0.254 e. The molecule has 0 spiro atoms. The maximum absolute atomic E-state index is 13.8. The Morgan fingerprint density at radius 2 is 1.89 bits per heavy atom. The molecule has 4 aliphatic rings. The zero-order valence-corrected chi connectivity index (χ0v) is 26.5. The highest BCUT2D eigenvalue weighted by Crippen LogP contribution is 2.44. The lowest BCUT2D eigenvalue weighted by Gasteiger charge is -2.27. The molecule has 3 fully saturated rings. The van der Waals surface area contributed by atoms with Crippen molar-refractivity contribution in [1.82, 2.24) is 24.0 Å². The second-order valence-electron chi connectivity index (χ2n) is 13.9. The fourth-order valence-electron chi connectivity index (χ4n) is 8.29. The van der Waals surface area contributed by atoms with Crippen molar-refractivity contribution in [2.45, 2.75) is 58.0 Å². The first-order valence-electron chi connectivity index (χ1n) is 16.7. The van der Waals surface area contributed by atoms with E-state index >= 15 is 0 Å². The van der Waals surface area contributed by atoms with E-state index in [2.05, 4.69) is 50.5 Å². The largest absolute Gasteiger partial charge is 0.494 e. The number of methoxy groups -OCH3 is 1. The van der Waals surface area contributed by atoms with Crippen molar-refractivity contribution < 1.29 is 14.3 Å². The number of benzene rings is 2. The van der Waals surface area contributed by atoms with E-state index in [0.717, 1.165) is 82.0 Å². The van der Waals surface area contributed by atoms with Crippen LogP contribution < -0.4 is 10.1 Å². The minimum atomic E-state index is 0.0700. The zero-order valence-electron chi connectivity index (χ0n) is 26.5. The summed E-state index contributed by atoms with van der Waals surface area (Å²) < 4.78 is 10.3. The molecular formula is C37H38N6O3. The van der Waals surface area contributed by atoms with Crippen LogP contribution in [0.3, 0.4) is 0 Å². The van der Waals surface area contributed by atoms with Gasteiger partial charge in [-0.25, -0.2) is 9.97 Å². The first kappa shape index (κ1) is 27.6. The van der Waals surface area contributed by atoms with Crippen LogP contribution in [0.15, 0.2) is 48.5 Å². The predicted molar refractivity (Wildman–Crippen MR) is 178 cm³/mol. The number of likely N-dealkylation sites (tertiary alicyclic amines) is 1. The Morgan fingerprint density at radius 1 is 1.02 bits per heavy atom. The average Bonchev–Trinajstić information content (AvgIpc) is 3.47. The fraction of sp³-hybridized carbons (Fsp3) is 0.405. The van der Waals surface area contributed by atoms with E-state index in [9.17, 15) is 9.59 Å². The van der Waals surface area contributed by atoms with Gasteiger partial charge in [0.2, 0.25) is 5.91 Å². The van der Waals surface area contributed by atoms with Crippen molar-refractivity contribution in [1.29, 1.82) is 0 Å². The highest BCUT2D eigenvalue weighted by Gasteiger charge is 2.46. The summed E-state index contributed by atoms with van der Waals surface area (Å²) in [5.41, 5.74) is 8.23. The van der Waals surface area contributed by atoms with Crippen LogP contribution >= 0.6 is 0 Å². The predicted octanol–water partition coefficient (Wildman–Crippen LogP) is 6.43. The molecule has 2 aliphatic carbocycles. The number of ether oxygens (including phenoxy) is 1. The first-order valence-corrected chi connectivity index (χ1v) is 16.7. The second-order valence-corrected chi connectivity index (χ2v) is 13.9. The normalized spacial score (nSPS) is 22.1. The third-order valence-corrected chi connectivity index (χ3v) is 11.1. The SMILES string of the molecule is COc1cc(C(=O)N2CC3CCC2[C@@H]3C)cc2nc(-c3cc4ccc(-c5ccc6c(c5)CCC(=O)N6)nc4n3CC3CC3)n(C)c12. The maximum atomic E-state index is 13.8. The van der Waals surface area contributed by atoms with Gasteiger partial charge < -0.3 is 24.1 Å². The zero-order chi connectivity index (χ0) is 31.3. The minimum Gasteiger partial charge on any atom is -0.494 e. The number of pyridine rings is 1. The number of aromatic nitrogens is 4. The monoisotopic (exact) mass is 614 g/mol. The summed E-state index contributed by atoms with van der Waals surface area (Å²) in [5, 5.41) is 4.05. The van der Waals surface area contributed by atoms with Crippen LogP contribution in [-0.4, -0.2) is 55.5 Å². The van der Waals surface area contributed by atoms with Gasteiger partial charge in [0.1, 0.15) is 16.9 Å². The van der Waals surface area contributed by atoms with Crippen molar-refractivity contribution in [2.24, 2.45) is 24.8 Å². The summed E-state index contributed by atoms with van der Waals surface area (Å²) >= 11 is 0. The lowest BCUT2D eigenvalue weighted by atomic mass is 9.99. The number of piperidine rings is 1. The van der Waals surface area contributed by atoms with Gasteiger partial charge in [-0.2, -0.15) is 0 Å². The van der Waals surface area contributed by atoms with E-state index in [1.165, 1.54) is 19.3 Å². The Hall–Kier alpha value is -4.66. The molecule has 234 valence electrons. The number of fused-ring (bicyclic) bond motifs is 5. The van der Waals surface area contributed by atoms with E-state index in [4.69, 9.17) is 14.7 Å². The summed E-state index contributed by atoms with van der Waals surface area (Å²) in [4.78, 5) is 38.2. The number of anilines is 1. The molecule has 1 saturated heterocycles. The van der Waals surface area contributed by atoms with Crippen LogP contribution in [0.25, 0.3) is 44.8 Å². The van der Waals surface area contributed by atoms with Gasteiger partial charge in [-0.15, -0.1) is 0 Å². The molecule has 9 nitrogen and oxygen atoms in total. The number of hydrogen-bond donors (Lipinski definition) is 1. The summed E-state index contributed by atoms with van der Waals surface area (Å²) in [7, 11) is 3.69. The molecule has 46 heavy (non-hydrogen) atoms. The van der Waals surface area contributed by atoms with Crippen molar-refractivity contribution in [3.63, 3.8) is 0 Å². The Bertz CT molecular complexity index is 2090. The van der Waals surface area contributed by atoms with Crippen LogP contribution in [-0.2, 0) is 24.8 Å². The van der Waals surface area contributed by atoms with Gasteiger partial charge in [-0.1, -0.05) is 13.0 Å². The molecule has 2 aromatic carbocycles. The van der Waals surface area contributed by atoms with Crippen LogP contribution in [0, 0.1) is 17.8 Å². The molecule has 5 heterocycles. The molecule has 0 radical (unpaired) electrons. The number of carbonyl (C=O) groups is 2. The second kappa shape index (κ2) is 10.2. The number of carbonyl (C=O) groups excluding carboxylic acids is 2. The van der Waals surface area contributed by atoms with E-state index in [1.807, 2.05) is 31.3 Å². The number of nitrogens with zero attached hydrogens (tertiary/aromatic N) is 5. The molecule has 5 aromatic rings. The van der Waals surface area contributed by atoms with Crippen LogP contribution in [0.2, 0.25) is 0 Å². The Kier molecular flexibility index (Phi) is 6.11. The molecule has 2 bridgehead atoms. The van der Waals surface area contributed by atoms with Crippen LogP contribution in [0.1, 0.15) is 54.9 Å². The third-order valence-electron chi connectivity index (χ3n) is 11.1. The topological polar surface area (TPSA) is 94.3 Å². The van der Waals surface area contributed by atoms with Crippen LogP contribution in [0.5, 0.6) is 5.75 Å². The highest BCUT2D eigenvalue weighted by molar-refractivity contribution is 6.00. The first-order chi connectivity index (χ1) is 22.4. The number of hydrogen-bond acceptors (Lipinski definition) is 5. The average molecular weight is 615 g/mol. The van der Waals surface area contributed by atoms with Crippen molar-refractivity contribution in [2.75, 3.05) is 19.0 Å². The molecule has 3 aromatic heterocycles. The van der Waals surface area contributed by atoms with Gasteiger partial charge >= 0.3 is 0 Å². The number of nitrogens with one attached hydrogen (secondary N) is 1. The molecule has 2 amide bonds. The number of aryl methyl sites for hydroxylation is 2. The molecule has 2 aliphatic heterocycles. The van der Waals surface area contributed by atoms with Gasteiger partial charge in [-0.05, 0) is 97.9 Å². The number of imidazole rings is 1. The lowest BCUT2D eigenvalue weighted by molar-refractivity contribution is -0.116. The third kappa shape index (κ3) is 4.27. The molecule has 3 atom stereocenters. The van der Waals surface area contributed by atoms with Gasteiger partial charge in [0, 0.05) is 54.8 Å². The van der Waals surface area contributed by atoms with E-state index in [1.54, 1.807) is 7.11 Å². The van der Waals surface area contributed by atoms with E-state index < -0.39 is 0 Å². The quantitative estimate of drug-likeness (QED) is 0.238. The smallest absolute Gasteiger partial charge is 0.254 e. The molecular weight excluding hydrogens is 576 g/mol. The summed E-state index contributed by atoms with van der Waals surface area (Å²) in [6.45, 7) is 4.01. The van der Waals surface area contributed by atoms with Gasteiger partial charge in [0.05, 0.1) is 24.0 Å². The Labute approximate surface area is 267 Å².